The molecule has 6 aromatic rings. The monoisotopic (exact) mass is 1560 g/mol. The van der Waals surface area contributed by atoms with E-state index in [1.165, 1.54) is 11.1 Å². The fourth-order valence-corrected chi connectivity index (χ4v) is 12.6. The minimum atomic E-state index is -0.0940. The van der Waals surface area contributed by atoms with Gasteiger partial charge in [-0.1, -0.05) is 207 Å². The minimum absolute atomic E-state index is 0. The molecular weight excluding hydrogens is 1440 g/mol. The van der Waals surface area contributed by atoms with Gasteiger partial charge in [0.25, 0.3) is 23.6 Å². The normalized spacial score (nSPS) is 14.6. The van der Waals surface area contributed by atoms with Crippen LogP contribution in [0.25, 0.3) is 0 Å². The van der Waals surface area contributed by atoms with Crippen molar-refractivity contribution in [1.82, 2.24) is 41.7 Å². The third-order valence-corrected chi connectivity index (χ3v) is 18.0. The predicted molar refractivity (Wildman–Crippen MR) is 429 cm³/mol. The Balaban J connectivity index is 0.000000418. The summed E-state index contributed by atoms with van der Waals surface area (Å²) >= 11 is 0. The number of carbonyl (C=O) groups excluding carboxylic acids is 4. The summed E-state index contributed by atoms with van der Waals surface area (Å²) in [4.78, 5) is 58.7. The van der Waals surface area contributed by atoms with Crippen LogP contribution in [0.5, 0.6) is 0 Å². The molecule has 0 aliphatic carbocycles. The van der Waals surface area contributed by atoms with Crippen LogP contribution in [0, 0.1) is 13.1 Å². The molecule has 0 unspecified atom stereocenters. The molecule has 0 radical (unpaired) electrons. The Morgan fingerprint density at radius 2 is 0.538 bits per heavy atom. The van der Waals surface area contributed by atoms with Crippen LogP contribution in [0.15, 0.2) is 202 Å². The molecule has 104 heavy (non-hydrogen) atoms. The number of hydrogen-bond acceptors (Lipinski definition) is 8. The Morgan fingerprint density at radius 3 is 0.731 bits per heavy atom. The van der Waals surface area contributed by atoms with Gasteiger partial charge in [0.1, 0.15) is 0 Å². The van der Waals surface area contributed by atoms with Crippen LogP contribution in [-0.4, -0.2) is 61.6 Å². The van der Waals surface area contributed by atoms with Gasteiger partial charge in [-0.3, -0.25) is 19.2 Å². The summed E-state index contributed by atoms with van der Waals surface area (Å²) in [5.74, 6) is 1.51. The van der Waals surface area contributed by atoms with Gasteiger partial charge in [-0.05, 0) is 174 Å². The zero-order chi connectivity index (χ0) is 76.0. The van der Waals surface area contributed by atoms with E-state index in [4.69, 9.17) is 0 Å². The van der Waals surface area contributed by atoms with Gasteiger partial charge < -0.3 is 41.7 Å². The SMILES string of the molecule is CC1=CC(=C(C)NC(=O)c2c(C(C)C)cccc2C(C)C)NC(=C(C)NC(=O)c2c(C(C)C)cccc2C(C)C)C1.CC1=CC(=C(C)NC(=O)c2c(C(C)C)cccc2C(C)C)NC(=C(C)NC(=O)c2c(C(C)C)cccc2C(C)C)C1.CN(C)[CH-]c1ccccc1.CN(C)[CH-]c1ccccc1.[Zr+2].[Zr]. The number of nitrogens with zero attached hydrogens (tertiary/aromatic N) is 2. The fraction of sp³-hybridized carbons (Fsp3) is 0.400. The summed E-state index contributed by atoms with van der Waals surface area (Å²) in [6, 6.07) is 45.1. The van der Waals surface area contributed by atoms with Crippen molar-refractivity contribution in [2.45, 2.75) is 213 Å². The van der Waals surface area contributed by atoms with Crippen LogP contribution in [0.4, 0.5) is 0 Å². The molecule has 0 bridgehead atoms. The van der Waals surface area contributed by atoms with E-state index < -0.39 is 0 Å². The molecule has 14 heteroatoms. The number of rotatable bonds is 20. The van der Waals surface area contributed by atoms with Crippen LogP contribution < -0.4 is 31.9 Å². The molecule has 2 aliphatic heterocycles. The third kappa shape index (κ3) is 26.6. The van der Waals surface area contributed by atoms with Gasteiger partial charge >= 0.3 is 26.2 Å². The van der Waals surface area contributed by atoms with Crippen LogP contribution >= 0.6 is 0 Å². The van der Waals surface area contributed by atoms with E-state index in [0.717, 1.165) is 123 Å². The van der Waals surface area contributed by atoms with Crippen LogP contribution in [-0.2, 0) is 52.4 Å². The molecule has 6 aromatic carbocycles. The van der Waals surface area contributed by atoms with E-state index >= 15 is 0 Å². The van der Waals surface area contributed by atoms with Gasteiger partial charge in [-0.2, -0.15) is 35.4 Å². The molecule has 0 atom stereocenters. The quantitative estimate of drug-likeness (QED) is 0.0414. The van der Waals surface area contributed by atoms with Crippen molar-refractivity contribution in [1.29, 1.82) is 0 Å². The summed E-state index contributed by atoms with van der Waals surface area (Å²) in [5.41, 5.74) is 22.8. The number of allylic oxidation sites excluding steroid dienone is 8. The summed E-state index contributed by atoms with van der Waals surface area (Å²) in [5, 5.41) is 19.7. The van der Waals surface area contributed by atoms with Crippen molar-refractivity contribution in [3.63, 3.8) is 0 Å². The van der Waals surface area contributed by atoms with Crippen LogP contribution in [0.1, 0.15) is 310 Å². The first kappa shape index (κ1) is 90.9. The Labute approximate surface area is 665 Å². The van der Waals surface area contributed by atoms with Gasteiger partial charge in [0.05, 0.1) is 11.4 Å². The molecule has 6 N–H and O–H groups in total. The first-order valence-electron chi connectivity index (χ1n) is 36.6. The second-order valence-corrected chi connectivity index (χ2v) is 30.2. The van der Waals surface area contributed by atoms with Gasteiger partial charge in [0.2, 0.25) is 0 Å². The van der Waals surface area contributed by atoms with Crippen molar-refractivity contribution in [3.8, 4) is 0 Å². The van der Waals surface area contributed by atoms with E-state index in [1.54, 1.807) is 0 Å². The first-order chi connectivity index (χ1) is 48.0. The van der Waals surface area contributed by atoms with Crippen molar-refractivity contribution < 1.29 is 71.6 Å². The summed E-state index contributed by atoms with van der Waals surface area (Å²) in [6.45, 7) is 49.9. The average Bonchev–Trinajstić information content (AvgIpc) is 0.815. The maximum Gasteiger partial charge on any atom is 2.00 e. The van der Waals surface area contributed by atoms with Crippen molar-refractivity contribution in [2.75, 3.05) is 28.2 Å². The maximum absolute atomic E-state index is 13.7. The number of amides is 4. The zero-order valence-corrected chi connectivity index (χ0v) is 72.5. The second kappa shape index (κ2) is 43.3. The molecule has 0 fully saturated rings. The van der Waals surface area contributed by atoms with Crippen LogP contribution in [0.2, 0.25) is 0 Å². The number of nitrogens with one attached hydrogen (secondary N) is 6. The Hall–Kier alpha value is -7.33. The topological polar surface area (TPSA) is 147 Å². The van der Waals surface area contributed by atoms with Crippen molar-refractivity contribution in [3.05, 3.63) is 293 Å². The number of carbonyl (C=O) groups is 4. The first-order valence-corrected chi connectivity index (χ1v) is 36.6. The fourth-order valence-electron chi connectivity index (χ4n) is 12.6. The molecule has 2 heterocycles. The molecule has 0 aromatic heterocycles. The summed E-state index contributed by atoms with van der Waals surface area (Å²) in [7, 11) is 8.08. The molecule has 8 rings (SSSR count). The minimum Gasteiger partial charge on any atom is -0.356 e. The molecule has 4 amide bonds. The Bertz CT molecular complexity index is 3690. The average molecular weight is 1560 g/mol. The van der Waals surface area contributed by atoms with Gasteiger partial charge in [0.15, 0.2) is 0 Å². The van der Waals surface area contributed by atoms with Gasteiger partial charge in [-0.25, -0.2) is 0 Å². The van der Waals surface area contributed by atoms with Crippen molar-refractivity contribution >= 4 is 23.6 Å². The second-order valence-electron chi connectivity index (χ2n) is 30.2. The molecule has 554 valence electrons. The van der Waals surface area contributed by atoms with Gasteiger partial charge in [0, 0.05) is 95.5 Å². The molecular formula is C90H122N8O4Zr2. The molecule has 2 aliphatic rings. The van der Waals surface area contributed by atoms with E-state index in [0.29, 0.717) is 12.8 Å². The molecule has 0 saturated heterocycles. The maximum atomic E-state index is 13.7. The Morgan fingerprint density at radius 1 is 0.337 bits per heavy atom. The Kier molecular flexibility index (Phi) is 37.9. The molecule has 12 nitrogen and oxygen atoms in total. The van der Waals surface area contributed by atoms with E-state index in [9.17, 15) is 19.2 Å². The summed E-state index contributed by atoms with van der Waals surface area (Å²) < 4.78 is 0. The summed E-state index contributed by atoms with van der Waals surface area (Å²) in [6.07, 6.45) is 5.51. The smallest absolute Gasteiger partial charge is 0.356 e. The predicted octanol–water partition coefficient (Wildman–Crippen LogP) is 21.0. The van der Waals surface area contributed by atoms with E-state index in [2.05, 4.69) is 230 Å². The number of benzene rings is 6. The molecule has 0 saturated carbocycles. The van der Waals surface area contributed by atoms with E-state index in [1.807, 2.05) is 151 Å². The van der Waals surface area contributed by atoms with E-state index in [-0.39, 0.29) is 123 Å². The van der Waals surface area contributed by atoms with Gasteiger partial charge in [-0.15, -0.1) is 37.4 Å². The third-order valence-electron chi connectivity index (χ3n) is 18.0. The van der Waals surface area contributed by atoms with Crippen LogP contribution in [0.3, 0.4) is 0 Å². The van der Waals surface area contributed by atoms with Crippen molar-refractivity contribution in [2.24, 2.45) is 0 Å². The standard InChI is InChI=1S/2C36H49N3O2.2C9H12N.2Zr/c2*1-20(2)27-14-12-15-28(21(3)4)33(27)35(40)37-25(10)31-18-24(9)19-32(39-31)26(11)38-36(41)34-29(22(5)6)16-13-17-30(34)23(7)8;2*1-10(2)8-9-6-4-3-5-7-9;;/h2*12-18,20-23,39H,19H2,1-11H3,(H,37,40)(H,38,41);2*3-8H,1-2H3;;/q;;2*-1;;+2. The molecule has 0 spiro atoms. The largest absolute Gasteiger partial charge is 2.00 e. The number of hydrogen-bond donors (Lipinski definition) is 6. The zero-order valence-electron chi connectivity index (χ0n) is 67.6.